The van der Waals surface area contributed by atoms with E-state index in [2.05, 4.69) is 15.4 Å². The second-order valence-electron chi connectivity index (χ2n) is 8.63. The van der Waals surface area contributed by atoms with E-state index in [1.54, 1.807) is 29.2 Å². The van der Waals surface area contributed by atoms with Crippen LogP contribution in [0.1, 0.15) is 13.4 Å². The van der Waals surface area contributed by atoms with Crippen molar-refractivity contribution in [3.63, 3.8) is 0 Å². The monoisotopic (exact) mass is 538 g/mol. The number of carbonyl (C=O) groups excluding carboxylic acids is 2. The molecule has 0 unspecified atom stereocenters. The molecule has 0 saturated carbocycles. The van der Waals surface area contributed by atoms with E-state index in [-0.39, 0.29) is 7.33 Å². The standard InChI is InChI=1S/C24H33ClN6O4S.H2/c1-36(34,35)29-20-5-2-3-6-22(20)30-13-15-31(16-14-30)23(32)21(28-24(33)27-12-4-11-26)17-18-7-9-19(25)10-8-18;/h2-3,5-10,21,29H,4,11-17,26H2,1H3,(H2,27,28,33);1H/t21-;/m1./s1. The summed E-state index contributed by atoms with van der Waals surface area (Å²) in [7, 11) is -3.43. The molecule has 2 aromatic carbocycles. The zero-order valence-corrected chi connectivity index (χ0v) is 21.8. The molecular weight excluding hydrogens is 504 g/mol. The molecule has 36 heavy (non-hydrogen) atoms. The highest BCUT2D eigenvalue weighted by Crippen LogP contribution is 2.27. The molecule has 12 heteroatoms. The van der Waals surface area contributed by atoms with Crippen LogP contribution in [0.4, 0.5) is 16.2 Å². The van der Waals surface area contributed by atoms with Crippen molar-refractivity contribution >= 4 is 44.9 Å². The SMILES string of the molecule is CS(=O)(=O)Nc1ccccc1N1CCN(C(=O)[C@@H](Cc2ccc(Cl)cc2)NC(=O)NCCCN)CC1.[HH]. The summed E-state index contributed by atoms with van der Waals surface area (Å²) in [5.41, 5.74) is 7.61. The number of sulfonamides is 1. The molecular formula is C24H35ClN6O4S. The third-order valence-electron chi connectivity index (χ3n) is 5.75. The Hall–Kier alpha value is -3.02. The van der Waals surface area contributed by atoms with Gasteiger partial charge in [-0.25, -0.2) is 13.2 Å². The van der Waals surface area contributed by atoms with Gasteiger partial charge in [0.25, 0.3) is 0 Å². The van der Waals surface area contributed by atoms with Crippen LogP contribution in [0.15, 0.2) is 48.5 Å². The fraction of sp³-hybridized carbons (Fsp3) is 0.417. The van der Waals surface area contributed by atoms with Gasteiger partial charge in [0.1, 0.15) is 6.04 Å². The van der Waals surface area contributed by atoms with Crippen LogP contribution in [0.25, 0.3) is 0 Å². The molecule has 0 spiro atoms. The van der Waals surface area contributed by atoms with Gasteiger partial charge in [0.2, 0.25) is 15.9 Å². The number of amides is 3. The number of nitrogens with two attached hydrogens (primary N) is 1. The van der Waals surface area contributed by atoms with E-state index >= 15 is 0 Å². The Labute approximate surface area is 218 Å². The Kier molecular flexibility index (Phi) is 9.80. The molecule has 0 aromatic heterocycles. The van der Waals surface area contributed by atoms with Crippen molar-refractivity contribution in [2.24, 2.45) is 5.73 Å². The summed E-state index contributed by atoms with van der Waals surface area (Å²) >= 11 is 5.99. The van der Waals surface area contributed by atoms with Gasteiger partial charge in [0.15, 0.2) is 0 Å². The lowest BCUT2D eigenvalue weighted by molar-refractivity contribution is -0.133. The molecule has 0 bridgehead atoms. The van der Waals surface area contributed by atoms with E-state index in [0.717, 1.165) is 17.5 Å². The zero-order valence-electron chi connectivity index (χ0n) is 20.2. The van der Waals surface area contributed by atoms with Gasteiger partial charge < -0.3 is 26.2 Å². The number of hydrogen-bond donors (Lipinski definition) is 4. The number of para-hydroxylation sites is 2. The Morgan fingerprint density at radius 2 is 1.75 bits per heavy atom. The van der Waals surface area contributed by atoms with Crippen molar-refractivity contribution in [1.29, 1.82) is 0 Å². The third kappa shape index (κ3) is 8.28. The predicted octanol–water partition coefficient (Wildman–Crippen LogP) is 1.87. The highest BCUT2D eigenvalue weighted by molar-refractivity contribution is 7.92. The van der Waals surface area contributed by atoms with E-state index in [0.29, 0.717) is 62.8 Å². The number of nitrogens with one attached hydrogen (secondary N) is 3. The van der Waals surface area contributed by atoms with E-state index < -0.39 is 22.1 Å². The molecule has 1 fully saturated rings. The van der Waals surface area contributed by atoms with Crippen LogP contribution in [0.5, 0.6) is 0 Å². The number of rotatable bonds is 10. The Balaban J connectivity index is 0.00000481. The maximum absolute atomic E-state index is 13.5. The van der Waals surface area contributed by atoms with Crippen LogP contribution in [0.3, 0.4) is 0 Å². The molecule has 5 N–H and O–H groups in total. The number of urea groups is 1. The lowest BCUT2D eigenvalue weighted by Crippen LogP contribution is -2.57. The van der Waals surface area contributed by atoms with Crippen LogP contribution in [0.2, 0.25) is 5.02 Å². The predicted molar refractivity (Wildman–Crippen MR) is 145 cm³/mol. The summed E-state index contributed by atoms with van der Waals surface area (Å²) in [6.07, 6.45) is 2.07. The highest BCUT2D eigenvalue weighted by Gasteiger charge is 2.29. The van der Waals surface area contributed by atoms with Gasteiger partial charge in [-0.15, -0.1) is 0 Å². The first-order valence-corrected chi connectivity index (χ1v) is 14.0. The average Bonchev–Trinajstić information content (AvgIpc) is 2.84. The van der Waals surface area contributed by atoms with Crippen LogP contribution >= 0.6 is 11.6 Å². The minimum absolute atomic E-state index is 0. The topological polar surface area (TPSA) is 137 Å². The van der Waals surface area contributed by atoms with Crippen molar-refractivity contribution in [3.8, 4) is 0 Å². The Morgan fingerprint density at radius 3 is 2.39 bits per heavy atom. The lowest BCUT2D eigenvalue weighted by atomic mass is 10.0. The second-order valence-corrected chi connectivity index (χ2v) is 10.8. The summed E-state index contributed by atoms with van der Waals surface area (Å²) < 4.78 is 26.1. The van der Waals surface area contributed by atoms with Crippen LogP contribution in [0, 0.1) is 0 Å². The summed E-state index contributed by atoms with van der Waals surface area (Å²) in [6, 6.07) is 13.2. The third-order valence-corrected chi connectivity index (χ3v) is 6.60. The zero-order chi connectivity index (χ0) is 26.1. The number of halogens is 1. The number of benzene rings is 2. The van der Waals surface area contributed by atoms with Crippen LogP contribution in [-0.4, -0.2) is 76.8 Å². The molecule has 10 nitrogen and oxygen atoms in total. The smallest absolute Gasteiger partial charge is 0.315 e. The Morgan fingerprint density at radius 1 is 1.08 bits per heavy atom. The lowest BCUT2D eigenvalue weighted by Gasteiger charge is -2.38. The van der Waals surface area contributed by atoms with Crippen molar-refractivity contribution in [2.75, 3.05) is 55.1 Å². The number of carbonyl (C=O) groups is 2. The first-order chi connectivity index (χ1) is 17.2. The molecule has 198 valence electrons. The van der Waals surface area contributed by atoms with Gasteiger partial charge in [-0.1, -0.05) is 35.9 Å². The van der Waals surface area contributed by atoms with E-state index in [4.69, 9.17) is 17.3 Å². The minimum atomic E-state index is -3.43. The number of piperazine rings is 1. The minimum Gasteiger partial charge on any atom is -0.366 e. The molecule has 1 saturated heterocycles. The van der Waals surface area contributed by atoms with Gasteiger partial charge in [0.05, 0.1) is 17.6 Å². The maximum Gasteiger partial charge on any atom is 0.315 e. The summed E-state index contributed by atoms with van der Waals surface area (Å²) in [5.74, 6) is -0.180. The maximum atomic E-state index is 13.5. The number of hydrogen-bond acceptors (Lipinski definition) is 6. The second kappa shape index (κ2) is 12.8. The molecule has 0 radical (unpaired) electrons. The number of nitrogens with zero attached hydrogens (tertiary/aromatic N) is 2. The quantitative estimate of drug-likeness (QED) is 0.341. The highest BCUT2D eigenvalue weighted by atomic mass is 35.5. The first-order valence-electron chi connectivity index (χ1n) is 11.8. The van der Waals surface area contributed by atoms with Crippen LogP contribution in [-0.2, 0) is 21.2 Å². The largest absolute Gasteiger partial charge is 0.366 e. The van der Waals surface area contributed by atoms with E-state index in [1.165, 1.54) is 0 Å². The number of anilines is 2. The van der Waals surface area contributed by atoms with E-state index in [9.17, 15) is 18.0 Å². The normalized spacial score (nSPS) is 14.8. The summed E-state index contributed by atoms with van der Waals surface area (Å²) in [5, 5.41) is 6.14. The van der Waals surface area contributed by atoms with Gasteiger partial charge in [0, 0.05) is 45.6 Å². The molecule has 2 aromatic rings. The van der Waals surface area contributed by atoms with Crippen LogP contribution < -0.4 is 26.0 Å². The van der Waals surface area contributed by atoms with Crippen molar-refractivity contribution < 1.29 is 19.4 Å². The summed E-state index contributed by atoms with van der Waals surface area (Å²) in [4.78, 5) is 29.7. The fourth-order valence-electron chi connectivity index (χ4n) is 3.99. The molecule has 1 atom stereocenters. The van der Waals surface area contributed by atoms with Gasteiger partial charge >= 0.3 is 6.03 Å². The molecule has 1 aliphatic rings. The Bertz CT molecular complexity index is 1140. The van der Waals surface area contributed by atoms with Crippen molar-refractivity contribution in [1.82, 2.24) is 15.5 Å². The van der Waals surface area contributed by atoms with Gasteiger partial charge in [-0.05, 0) is 42.8 Å². The fourth-order valence-corrected chi connectivity index (χ4v) is 4.69. The van der Waals surface area contributed by atoms with Crippen molar-refractivity contribution in [2.45, 2.75) is 18.9 Å². The average molecular weight is 539 g/mol. The molecule has 3 rings (SSSR count). The molecule has 1 aliphatic heterocycles. The molecule has 0 aliphatic carbocycles. The molecule has 1 heterocycles. The van der Waals surface area contributed by atoms with Crippen molar-refractivity contribution in [3.05, 3.63) is 59.1 Å². The first kappa shape index (κ1) is 27.6. The van der Waals surface area contributed by atoms with E-state index in [1.807, 2.05) is 29.2 Å². The van der Waals surface area contributed by atoms with Gasteiger partial charge in [-0.2, -0.15) is 0 Å². The summed E-state index contributed by atoms with van der Waals surface area (Å²) in [6.45, 7) is 2.78. The molecule has 3 amide bonds. The van der Waals surface area contributed by atoms with Gasteiger partial charge in [-0.3, -0.25) is 9.52 Å².